The lowest BCUT2D eigenvalue weighted by molar-refractivity contribution is -0.142. The zero-order valence-electron chi connectivity index (χ0n) is 20.6. The van der Waals surface area contributed by atoms with Crippen LogP contribution in [0.3, 0.4) is 0 Å². The van der Waals surface area contributed by atoms with Crippen molar-refractivity contribution in [1.82, 2.24) is 20.9 Å². The number of carboxylic acids is 1. The molecule has 0 fully saturated rings. The van der Waals surface area contributed by atoms with Crippen molar-refractivity contribution in [2.24, 2.45) is 11.5 Å². The number of aliphatic carboxylic acids is 1. The third-order valence-electron chi connectivity index (χ3n) is 5.93. The number of carbonyl (C=O) groups is 4. The van der Waals surface area contributed by atoms with Gasteiger partial charge in [0.05, 0.1) is 12.7 Å². The second kappa shape index (κ2) is 14.3. The molecule has 11 N–H and O–H groups in total. The van der Waals surface area contributed by atoms with Gasteiger partial charge in [-0.15, -0.1) is 0 Å². The molecule has 13 nitrogen and oxygen atoms in total. The van der Waals surface area contributed by atoms with Gasteiger partial charge in [0.15, 0.2) is 0 Å². The maximum absolute atomic E-state index is 12.9. The number of H-pyrrole nitrogens is 1. The van der Waals surface area contributed by atoms with E-state index in [2.05, 4.69) is 20.9 Å². The lowest BCUT2D eigenvalue weighted by Crippen LogP contribution is -2.59. The number of aliphatic hydroxyl groups excluding tert-OH is 2. The number of hydrogen-bond acceptors (Lipinski definition) is 8. The third-order valence-corrected chi connectivity index (χ3v) is 5.93. The Morgan fingerprint density at radius 1 is 0.973 bits per heavy atom. The summed E-state index contributed by atoms with van der Waals surface area (Å²) in [5.41, 5.74) is 12.6. The fourth-order valence-electron chi connectivity index (χ4n) is 3.71. The Bertz CT molecular complexity index is 1070. The van der Waals surface area contributed by atoms with Crippen LogP contribution in [-0.2, 0) is 25.6 Å². The zero-order chi connectivity index (χ0) is 27.5. The summed E-state index contributed by atoms with van der Waals surface area (Å²) in [7, 11) is 0. The average molecular weight is 521 g/mol. The fraction of sp³-hybridized carbons (Fsp3) is 0.500. The van der Waals surface area contributed by atoms with Gasteiger partial charge in [-0.1, -0.05) is 18.2 Å². The Morgan fingerprint density at radius 2 is 1.59 bits per heavy atom. The zero-order valence-corrected chi connectivity index (χ0v) is 20.6. The summed E-state index contributed by atoms with van der Waals surface area (Å²) in [5, 5.41) is 36.9. The van der Waals surface area contributed by atoms with Crippen LogP contribution in [0.25, 0.3) is 10.9 Å². The molecule has 204 valence electrons. The molecule has 3 amide bonds. The molecule has 1 aromatic carbocycles. The first-order valence-corrected chi connectivity index (χ1v) is 12.0. The van der Waals surface area contributed by atoms with Crippen molar-refractivity contribution in [3.8, 4) is 0 Å². The summed E-state index contributed by atoms with van der Waals surface area (Å²) in [4.78, 5) is 52.9. The van der Waals surface area contributed by atoms with E-state index in [1.54, 1.807) is 6.20 Å². The van der Waals surface area contributed by atoms with Gasteiger partial charge in [-0.3, -0.25) is 14.4 Å². The van der Waals surface area contributed by atoms with Gasteiger partial charge >= 0.3 is 5.97 Å². The van der Waals surface area contributed by atoms with Crippen LogP contribution in [0.15, 0.2) is 30.5 Å². The van der Waals surface area contributed by atoms with Gasteiger partial charge in [-0.25, -0.2) is 4.79 Å². The van der Waals surface area contributed by atoms with Crippen molar-refractivity contribution < 1.29 is 34.5 Å². The quantitative estimate of drug-likeness (QED) is 0.119. The number of aromatic nitrogens is 1. The number of para-hydroxylation sites is 1. The number of nitrogens with two attached hydrogens (primary N) is 2. The monoisotopic (exact) mass is 520 g/mol. The minimum absolute atomic E-state index is 0.0355. The number of fused-ring (bicyclic) bond motifs is 1. The standard InChI is InChI=1S/C24H36N6O7/c1-13(32)20(26)23(35)28-17(8-4-5-9-25)21(33)30-19(12-31)22(34)29-18(24(36)37)10-14-11-27-16-7-3-2-6-15(14)16/h2-3,6-7,11,13,17-20,27,31-32H,4-5,8-10,12,25-26H2,1H3,(H,28,35)(H,29,34)(H,30,33)(H,36,37). The molecule has 0 radical (unpaired) electrons. The first kappa shape index (κ1) is 29.7. The maximum atomic E-state index is 12.9. The van der Waals surface area contributed by atoms with Gasteiger partial charge in [0.25, 0.3) is 0 Å². The summed E-state index contributed by atoms with van der Waals surface area (Å²) < 4.78 is 0. The van der Waals surface area contributed by atoms with E-state index in [1.165, 1.54) is 6.92 Å². The number of aliphatic hydroxyl groups is 2. The van der Waals surface area contributed by atoms with E-state index < -0.39 is 60.6 Å². The second-order valence-corrected chi connectivity index (χ2v) is 8.82. The molecule has 0 aliphatic rings. The number of amides is 3. The van der Waals surface area contributed by atoms with Crippen molar-refractivity contribution in [2.45, 2.75) is 62.9 Å². The van der Waals surface area contributed by atoms with Crippen LogP contribution in [0.4, 0.5) is 0 Å². The Kier molecular flexibility index (Phi) is 11.5. The lowest BCUT2D eigenvalue weighted by Gasteiger charge is -2.25. The number of aromatic amines is 1. The van der Waals surface area contributed by atoms with Crippen molar-refractivity contribution in [2.75, 3.05) is 13.2 Å². The van der Waals surface area contributed by atoms with E-state index in [9.17, 15) is 34.5 Å². The predicted octanol–water partition coefficient (Wildman–Crippen LogP) is -1.92. The molecule has 1 heterocycles. The molecule has 5 unspecified atom stereocenters. The molecule has 5 atom stereocenters. The number of hydrogen-bond donors (Lipinski definition) is 9. The van der Waals surface area contributed by atoms with Crippen molar-refractivity contribution in [3.05, 3.63) is 36.0 Å². The molecule has 0 spiro atoms. The molecule has 0 saturated carbocycles. The number of unbranched alkanes of at least 4 members (excludes halogenated alkanes) is 1. The summed E-state index contributed by atoms with van der Waals surface area (Å²) in [6, 6.07) is 2.09. The molecular formula is C24H36N6O7. The van der Waals surface area contributed by atoms with E-state index in [0.717, 1.165) is 10.9 Å². The van der Waals surface area contributed by atoms with Crippen LogP contribution in [-0.4, -0.2) is 87.4 Å². The predicted molar refractivity (Wildman–Crippen MR) is 135 cm³/mol. The van der Waals surface area contributed by atoms with Gasteiger partial charge in [0.1, 0.15) is 24.2 Å². The van der Waals surface area contributed by atoms with Crippen LogP contribution in [0.5, 0.6) is 0 Å². The van der Waals surface area contributed by atoms with Crippen molar-refractivity contribution in [1.29, 1.82) is 0 Å². The SMILES string of the molecule is CC(O)C(N)C(=O)NC(CCCCN)C(=O)NC(CO)C(=O)NC(Cc1c[nH]c2ccccc12)C(=O)O. The van der Waals surface area contributed by atoms with Crippen LogP contribution in [0, 0.1) is 0 Å². The lowest BCUT2D eigenvalue weighted by atomic mass is 10.0. The largest absolute Gasteiger partial charge is 0.480 e. The van der Waals surface area contributed by atoms with E-state index in [4.69, 9.17) is 11.5 Å². The minimum atomic E-state index is -1.48. The topological polar surface area (TPSA) is 233 Å². The van der Waals surface area contributed by atoms with Gasteiger partial charge in [0.2, 0.25) is 17.7 Å². The molecule has 13 heteroatoms. The maximum Gasteiger partial charge on any atom is 0.326 e. The van der Waals surface area contributed by atoms with Crippen LogP contribution in [0.1, 0.15) is 31.7 Å². The van der Waals surface area contributed by atoms with Gasteiger partial charge in [0, 0.05) is 23.5 Å². The average Bonchev–Trinajstić information content (AvgIpc) is 3.28. The molecule has 0 saturated heterocycles. The molecule has 37 heavy (non-hydrogen) atoms. The minimum Gasteiger partial charge on any atom is -0.480 e. The van der Waals surface area contributed by atoms with Gasteiger partial charge in [-0.2, -0.15) is 0 Å². The normalized spacial score (nSPS) is 15.3. The highest BCUT2D eigenvalue weighted by Gasteiger charge is 2.31. The summed E-state index contributed by atoms with van der Waals surface area (Å²) in [6.45, 7) is 0.882. The van der Waals surface area contributed by atoms with Crippen LogP contribution < -0.4 is 27.4 Å². The van der Waals surface area contributed by atoms with E-state index in [1.807, 2.05) is 24.3 Å². The molecule has 2 rings (SSSR count). The van der Waals surface area contributed by atoms with E-state index >= 15 is 0 Å². The van der Waals surface area contributed by atoms with E-state index in [-0.39, 0.29) is 12.8 Å². The number of benzene rings is 1. The summed E-state index contributed by atoms with van der Waals surface area (Å²) >= 11 is 0. The van der Waals surface area contributed by atoms with E-state index in [0.29, 0.717) is 24.9 Å². The smallest absolute Gasteiger partial charge is 0.326 e. The molecule has 2 aromatic rings. The van der Waals surface area contributed by atoms with Crippen LogP contribution in [0.2, 0.25) is 0 Å². The fourth-order valence-corrected chi connectivity index (χ4v) is 3.71. The number of nitrogens with one attached hydrogen (secondary N) is 4. The Morgan fingerprint density at radius 3 is 2.22 bits per heavy atom. The summed E-state index contributed by atoms with van der Waals surface area (Å²) in [5.74, 6) is -3.74. The molecule has 0 aliphatic carbocycles. The Labute approximate surface area is 214 Å². The Balaban J connectivity index is 2.09. The van der Waals surface area contributed by atoms with Crippen molar-refractivity contribution >= 4 is 34.6 Å². The first-order valence-electron chi connectivity index (χ1n) is 12.0. The number of rotatable bonds is 15. The molecule has 1 aromatic heterocycles. The number of carboxylic acid groups (broad SMARTS) is 1. The van der Waals surface area contributed by atoms with Crippen LogP contribution >= 0.6 is 0 Å². The molecule has 0 bridgehead atoms. The summed E-state index contributed by atoms with van der Waals surface area (Å²) in [6.07, 6.45) is 1.67. The van der Waals surface area contributed by atoms with Gasteiger partial charge in [-0.05, 0) is 44.4 Å². The van der Waals surface area contributed by atoms with Crippen molar-refractivity contribution in [3.63, 3.8) is 0 Å². The highest BCUT2D eigenvalue weighted by atomic mass is 16.4. The number of carbonyl (C=O) groups excluding carboxylic acids is 3. The first-order chi connectivity index (χ1) is 17.6. The molecule has 0 aliphatic heterocycles. The molecular weight excluding hydrogens is 484 g/mol. The highest BCUT2D eigenvalue weighted by Crippen LogP contribution is 2.19. The second-order valence-electron chi connectivity index (χ2n) is 8.82. The highest BCUT2D eigenvalue weighted by molar-refractivity contribution is 5.94. The van der Waals surface area contributed by atoms with Gasteiger partial charge < -0.3 is 47.7 Å². The Hall–Kier alpha value is -3.52. The third kappa shape index (κ3) is 8.53.